The predicted octanol–water partition coefficient (Wildman–Crippen LogP) is 3.41. The monoisotopic (exact) mass is 248 g/mol. The van der Waals surface area contributed by atoms with Gasteiger partial charge in [-0.05, 0) is 31.9 Å². The molecule has 0 amide bonds. The van der Waals surface area contributed by atoms with Crippen molar-refractivity contribution in [1.82, 2.24) is 4.98 Å². The Labute approximate surface area is 105 Å². The molecule has 0 saturated heterocycles. The number of carbonyl (C=O) groups excluding carboxylic acids is 1. The molecule has 0 bridgehead atoms. The molecule has 2 aromatic rings. The second kappa shape index (κ2) is 4.84. The van der Waals surface area contributed by atoms with Gasteiger partial charge in [-0.2, -0.15) is 0 Å². The van der Waals surface area contributed by atoms with Crippen molar-refractivity contribution in [2.24, 2.45) is 0 Å². The molecule has 3 nitrogen and oxygen atoms in total. The number of nitrogens with one attached hydrogen (secondary N) is 1. The fraction of sp³-hybridized carbons (Fsp3) is 0.385. The molecule has 0 unspecified atom stereocenters. The first-order chi connectivity index (χ1) is 8.21. The number of thiophene rings is 1. The highest BCUT2D eigenvalue weighted by Crippen LogP contribution is 2.35. The first-order valence-electron chi connectivity index (χ1n) is 5.83. The van der Waals surface area contributed by atoms with E-state index in [-0.39, 0.29) is 0 Å². The number of rotatable bonds is 4. The molecule has 17 heavy (non-hydrogen) atoms. The maximum absolute atomic E-state index is 11.1. The summed E-state index contributed by atoms with van der Waals surface area (Å²) in [6, 6.07) is 2.05. The third kappa shape index (κ3) is 2.05. The molecule has 0 aliphatic rings. The van der Waals surface area contributed by atoms with E-state index in [0.29, 0.717) is 0 Å². The number of fused-ring (bicyclic) bond motifs is 1. The lowest BCUT2D eigenvalue weighted by Gasteiger charge is -2.07. The lowest BCUT2D eigenvalue weighted by Crippen LogP contribution is -1.99. The molecule has 0 fully saturated rings. The highest BCUT2D eigenvalue weighted by atomic mass is 32.1. The minimum absolute atomic E-state index is 0.805. The van der Waals surface area contributed by atoms with Crippen LogP contribution in [0, 0.1) is 6.92 Å². The molecule has 0 atom stereocenters. The van der Waals surface area contributed by atoms with Crippen molar-refractivity contribution in [3.63, 3.8) is 0 Å². The molecule has 0 radical (unpaired) electrons. The lowest BCUT2D eigenvalue weighted by atomic mass is 10.1. The maximum Gasteiger partial charge on any atom is 0.160 e. The normalized spacial score (nSPS) is 10.8. The van der Waals surface area contributed by atoms with Crippen molar-refractivity contribution in [3.05, 3.63) is 22.2 Å². The second-order valence-electron chi connectivity index (χ2n) is 3.94. The summed E-state index contributed by atoms with van der Waals surface area (Å²) in [5, 5.41) is 4.47. The third-order valence-electron chi connectivity index (χ3n) is 2.75. The Morgan fingerprint density at radius 3 is 2.82 bits per heavy atom. The molecule has 0 aliphatic carbocycles. The first-order valence-corrected chi connectivity index (χ1v) is 6.65. The van der Waals surface area contributed by atoms with Gasteiger partial charge in [0.2, 0.25) is 0 Å². The molecule has 2 aromatic heterocycles. The van der Waals surface area contributed by atoms with E-state index in [1.807, 2.05) is 13.0 Å². The minimum Gasteiger partial charge on any atom is -0.385 e. The molecule has 0 saturated carbocycles. The zero-order valence-electron chi connectivity index (χ0n) is 10.3. The van der Waals surface area contributed by atoms with Gasteiger partial charge < -0.3 is 5.32 Å². The number of aldehydes is 1. The van der Waals surface area contributed by atoms with Crippen molar-refractivity contribution in [2.75, 3.05) is 11.9 Å². The van der Waals surface area contributed by atoms with Crippen molar-refractivity contribution in [1.29, 1.82) is 0 Å². The molecule has 2 heterocycles. The van der Waals surface area contributed by atoms with Crippen LogP contribution in [0.1, 0.15) is 34.8 Å². The van der Waals surface area contributed by atoms with Crippen molar-refractivity contribution >= 4 is 33.5 Å². The van der Waals surface area contributed by atoms with Crippen LogP contribution in [-0.4, -0.2) is 17.8 Å². The summed E-state index contributed by atoms with van der Waals surface area (Å²) >= 11 is 1.48. The van der Waals surface area contributed by atoms with Crippen LogP contribution in [0.3, 0.4) is 0 Å². The molecule has 0 spiro atoms. The molecule has 0 aromatic carbocycles. The van der Waals surface area contributed by atoms with Crippen LogP contribution in [0.4, 0.5) is 5.69 Å². The number of pyridine rings is 1. The van der Waals surface area contributed by atoms with Gasteiger partial charge in [-0.1, -0.05) is 6.92 Å². The van der Waals surface area contributed by atoms with Crippen LogP contribution in [0.15, 0.2) is 6.07 Å². The van der Waals surface area contributed by atoms with E-state index in [1.54, 1.807) is 0 Å². The minimum atomic E-state index is 0.805. The van der Waals surface area contributed by atoms with E-state index in [4.69, 9.17) is 0 Å². The van der Waals surface area contributed by atoms with E-state index in [0.717, 1.165) is 51.3 Å². The second-order valence-corrected chi connectivity index (χ2v) is 4.97. The van der Waals surface area contributed by atoms with Gasteiger partial charge >= 0.3 is 0 Å². The number of aryl methyl sites for hydroxylation is 2. The van der Waals surface area contributed by atoms with E-state index >= 15 is 0 Å². The zero-order chi connectivity index (χ0) is 12.4. The Bertz CT molecular complexity index is 560. The Morgan fingerprint density at radius 2 is 2.24 bits per heavy atom. The molecular weight excluding hydrogens is 232 g/mol. The lowest BCUT2D eigenvalue weighted by molar-refractivity contribution is 0.112. The largest absolute Gasteiger partial charge is 0.385 e. The van der Waals surface area contributed by atoms with Crippen LogP contribution in [0.2, 0.25) is 0 Å². The van der Waals surface area contributed by atoms with Crippen LogP contribution >= 0.6 is 11.3 Å². The number of hydrogen-bond acceptors (Lipinski definition) is 4. The van der Waals surface area contributed by atoms with Gasteiger partial charge in [-0.25, -0.2) is 4.98 Å². The summed E-state index contributed by atoms with van der Waals surface area (Å²) in [5.41, 5.74) is 3.19. The van der Waals surface area contributed by atoms with Crippen molar-refractivity contribution in [2.45, 2.75) is 27.2 Å². The molecule has 4 heteroatoms. The van der Waals surface area contributed by atoms with Crippen LogP contribution in [0.25, 0.3) is 10.2 Å². The fourth-order valence-electron chi connectivity index (χ4n) is 2.08. The summed E-state index contributed by atoms with van der Waals surface area (Å²) in [5.74, 6) is 0. The number of hydrogen-bond donors (Lipinski definition) is 1. The van der Waals surface area contributed by atoms with Gasteiger partial charge in [-0.3, -0.25) is 4.79 Å². The van der Waals surface area contributed by atoms with Gasteiger partial charge in [0.1, 0.15) is 4.83 Å². The molecule has 1 N–H and O–H groups in total. The summed E-state index contributed by atoms with van der Waals surface area (Å²) in [7, 11) is 0. The number of nitrogens with zero attached hydrogens (tertiary/aromatic N) is 1. The summed E-state index contributed by atoms with van der Waals surface area (Å²) in [6.07, 6.45) is 1.80. The van der Waals surface area contributed by atoms with Gasteiger partial charge in [0.05, 0.1) is 4.88 Å². The highest BCUT2D eigenvalue weighted by molar-refractivity contribution is 7.20. The fourth-order valence-corrected chi connectivity index (χ4v) is 3.23. The van der Waals surface area contributed by atoms with Crippen molar-refractivity contribution in [3.8, 4) is 0 Å². The quantitative estimate of drug-likeness (QED) is 0.843. The van der Waals surface area contributed by atoms with Crippen molar-refractivity contribution < 1.29 is 4.79 Å². The Hall–Kier alpha value is -1.42. The number of anilines is 1. The first kappa shape index (κ1) is 12.0. The average Bonchev–Trinajstić information content (AvgIpc) is 2.66. The molecule has 90 valence electrons. The standard InChI is InChI=1S/C13H16N2OS/c1-4-9-11(7-16)17-13-12(9)10(14-5-2)6-8(3)15-13/h6-7H,4-5H2,1-3H3,(H,14,15). The van der Waals surface area contributed by atoms with Crippen LogP contribution in [-0.2, 0) is 6.42 Å². The Kier molecular flexibility index (Phi) is 3.43. The molecule has 0 aliphatic heterocycles. The topological polar surface area (TPSA) is 42.0 Å². The van der Waals surface area contributed by atoms with Gasteiger partial charge in [0, 0.05) is 23.3 Å². The third-order valence-corrected chi connectivity index (χ3v) is 3.80. The summed E-state index contributed by atoms with van der Waals surface area (Å²) in [4.78, 5) is 17.4. The predicted molar refractivity (Wildman–Crippen MR) is 73.3 cm³/mol. The summed E-state index contributed by atoms with van der Waals surface area (Å²) < 4.78 is 0. The molecular formula is C13H16N2OS. The SMILES string of the molecule is CCNc1cc(C)nc2sc(C=O)c(CC)c12. The van der Waals surface area contributed by atoms with E-state index in [2.05, 4.69) is 24.1 Å². The van der Waals surface area contributed by atoms with Gasteiger partial charge in [-0.15, -0.1) is 11.3 Å². The smallest absolute Gasteiger partial charge is 0.160 e. The number of aromatic nitrogens is 1. The molecule has 2 rings (SSSR count). The van der Waals surface area contributed by atoms with Gasteiger partial charge in [0.15, 0.2) is 6.29 Å². The zero-order valence-corrected chi connectivity index (χ0v) is 11.1. The Morgan fingerprint density at radius 1 is 1.47 bits per heavy atom. The summed E-state index contributed by atoms with van der Waals surface area (Å²) in [6.45, 7) is 6.99. The van der Waals surface area contributed by atoms with Gasteiger partial charge in [0.25, 0.3) is 0 Å². The van der Waals surface area contributed by atoms with E-state index in [9.17, 15) is 4.79 Å². The Balaban J connectivity index is 2.78. The van der Waals surface area contributed by atoms with E-state index in [1.165, 1.54) is 11.3 Å². The van der Waals surface area contributed by atoms with E-state index < -0.39 is 0 Å². The highest BCUT2D eigenvalue weighted by Gasteiger charge is 2.15. The van der Waals surface area contributed by atoms with Crippen LogP contribution < -0.4 is 5.32 Å². The number of carbonyl (C=O) groups is 1. The maximum atomic E-state index is 11.1. The van der Waals surface area contributed by atoms with Crippen LogP contribution in [0.5, 0.6) is 0 Å². The average molecular weight is 248 g/mol.